The third-order valence-corrected chi connectivity index (χ3v) is 3.70. The normalized spacial score (nSPS) is 29.5. The summed E-state index contributed by atoms with van der Waals surface area (Å²) in [5.74, 6) is 0. The number of hydrogen-bond donors (Lipinski definition) is 2. The molecule has 3 heteroatoms. The molecule has 102 valence electrons. The van der Waals surface area contributed by atoms with Crippen molar-refractivity contribution in [2.24, 2.45) is 0 Å². The summed E-state index contributed by atoms with van der Waals surface area (Å²) in [7, 11) is 0. The molecule has 0 saturated heterocycles. The second kappa shape index (κ2) is 8.06. The minimum Gasteiger partial charge on any atom is -0.394 e. The molecule has 1 saturated carbocycles. The van der Waals surface area contributed by atoms with Crippen LogP contribution < -0.4 is 5.32 Å². The Morgan fingerprint density at radius 1 is 1.35 bits per heavy atom. The summed E-state index contributed by atoms with van der Waals surface area (Å²) < 4.78 is 5.91. The third-order valence-electron chi connectivity index (χ3n) is 3.70. The van der Waals surface area contributed by atoms with Crippen molar-refractivity contribution in [1.29, 1.82) is 0 Å². The molecule has 1 aliphatic rings. The second-order valence-corrected chi connectivity index (χ2v) is 5.31. The molecule has 0 aromatic carbocycles. The molecule has 2 atom stereocenters. The highest BCUT2D eigenvalue weighted by Gasteiger charge is 2.35. The zero-order chi connectivity index (χ0) is 12.6. The minimum absolute atomic E-state index is 0.0782. The molecule has 3 nitrogen and oxygen atoms in total. The monoisotopic (exact) mass is 243 g/mol. The van der Waals surface area contributed by atoms with Crippen LogP contribution in [0.1, 0.15) is 58.8 Å². The predicted octanol–water partition coefficient (Wildman–Crippen LogP) is 2.48. The van der Waals surface area contributed by atoms with E-state index < -0.39 is 0 Å². The largest absolute Gasteiger partial charge is 0.394 e. The SMILES string of the molecule is CCCCOC1CCCC(CO)(NCCC)C1. The zero-order valence-corrected chi connectivity index (χ0v) is 11.5. The Labute approximate surface area is 106 Å². The van der Waals surface area contributed by atoms with Gasteiger partial charge in [-0.3, -0.25) is 0 Å². The van der Waals surface area contributed by atoms with Crippen LogP contribution in [0.25, 0.3) is 0 Å². The Morgan fingerprint density at radius 3 is 2.82 bits per heavy atom. The second-order valence-electron chi connectivity index (χ2n) is 5.31. The van der Waals surface area contributed by atoms with Gasteiger partial charge < -0.3 is 15.2 Å². The highest BCUT2D eigenvalue weighted by molar-refractivity contribution is 4.93. The first-order chi connectivity index (χ1) is 8.26. The number of hydrogen-bond acceptors (Lipinski definition) is 3. The van der Waals surface area contributed by atoms with Gasteiger partial charge in [0.2, 0.25) is 0 Å². The van der Waals surface area contributed by atoms with Crippen LogP contribution in [0.4, 0.5) is 0 Å². The molecule has 0 spiro atoms. The summed E-state index contributed by atoms with van der Waals surface area (Å²) >= 11 is 0. The Kier molecular flexibility index (Phi) is 7.09. The Balaban J connectivity index is 2.38. The van der Waals surface area contributed by atoms with E-state index in [1.54, 1.807) is 0 Å². The molecule has 0 aromatic heterocycles. The van der Waals surface area contributed by atoms with Gasteiger partial charge in [-0.1, -0.05) is 20.3 Å². The summed E-state index contributed by atoms with van der Waals surface area (Å²) in [6.07, 6.45) is 8.14. The van der Waals surface area contributed by atoms with Crippen molar-refractivity contribution in [3.8, 4) is 0 Å². The van der Waals surface area contributed by atoms with E-state index in [1.807, 2.05) is 0 Å². The van der Waals surface area contributed by atoms with E-state index in [2.05, 4.69) is 19.2 Å². The zero-order valence-electron chi connectivity index (χ0n) is 11.5. The summed E-state index contributed by atoms with van der Waals surface area (Å²) in [5.41, 5.74) is -0.0782. The van der Waals surface area contributed by atoms with Gasteiger partial charge in [-0.25, -0.2) is 0 Å². The number of ether oxygens (including phenoxy) is 1. The molecular weight excluding hydrogens is 214 g/mol. The van der Waals surface area contributed by atoms with Gasteiger partial charge in [0.05, 0.1) is 12.7 Å². The minimum atomic E-state index is -0.0782. The molecule has 0 aliphatic heterocycles. The summed E-state index contributed by atoms with van der Waals surface area (Å²) in [4.78, 5) is 0. The number of unbranched alkanes of at least 4 members (excludes halogenated alkanes) is 1. The molecule has 1 rings (SSSR count). The number of aliphatic hydroxyl groups excluding tert-OH is 1. The topological polar surface area (TPSA) is 41.5 Å². The average molecular weight is 243 g/mol. The van der Waals surface area contributed by atoms with Crippen LogP contribution in [0.2, 0.25) is 0 Å². The van der Waals surface area contributed by atoms with E-state index >= 15 is 0 Å². The van der Waals surface area contributed by atoms with E-state index in [9.17, 15) is 5.11 Å². The van der Waals surface area contributed by atoms with Crippen molar-refractivity contribution in [3.05, 3.63) is 0 Å². The standard InChI is InChI=1S/C14H29NO2/c1-3-5-10-17-13-7-6-8-14(11-13,12-16)15-9-4-2/h13,15-16H,3-12H2,1-2H3. The van der Waals surface area contributed by atoms with Crippen molar-refractivity contribution >= 4 is 0 Å². The van der Waals surface area contributed by atoms with E-state index in [1.165, 1.54) is 6.42 Å². The molecule has 0 radical (unpaired) electrons. The van der Waals surface area contributed by atoms with Gasteiger partial charge in [0.1, 0.15) is 0 Å². The molecule has 0 aromatic rings. The average Bonchev–Trinajstić information content (AvgIpc) is 2.37. The molecule has 0 bridgehead atoms. The fourth-order valence-corrected chi connectivity index (χ4v) is 2.59. The first kappa shape index (κ1) is 14.9. The van der Waals surface area contributed by atoms with Crippen molar-refractivity contribution < 1.29 is 9.84 Å². The van der Waals surface area contributed by atoms with Crippen LogP contribution in [-0.2, 0) is 4.74 Å². The van der Waals surface area contributed by atoms with Crippen molar-refractivity contribution in [3.63, 3.8) is 0 Å². The maximum absolute atomic E-state index is 9.64. The first-order valence-corrected chi connectivity index (χ1v) is 7.24. The molecule has 0 heterocycles. The molecule has 17 heavy (non-hydrogen) atoms. The summed E-state index contributed by atoms with van der Waals surface area (Å²) in [6, 6.07) is 0. The molecule has 1 fully saturated rings. The van der Waals surface area contributed by atoms with Gasteiger partial charge in [-0.05, 0) is 45.1 Å². The third kappa shape index (κ3) is 4.94. The molecule has 2 unspecified atom stereocenters. The lowest BCUT2D eigenvalue weighted by atomic mass is 9.80. The Morgan fingerprint density at radius 2 is 2.18 bits per heavy atom. The van der Waals surface area contributed by atoms with E-state index in [4.69, 9.17) is 4.74 Å². The molecular formula is C14H29NO2. The first-order valence-electron chi connectivity index (χ1n) is 7.24. The lowest BCUT2D eigenvalue weighted by molar-refractivity contribution is -0.0165. The maximum Gasteiger partial charge on any atom is 0.0614 e. The van der Waals surface area contributed by atoms with Crippen LogP contribution in [0.3, 0.4) is 0 Å². The number of rotatable bonds is 8. The lowest BCUT2D eigenvalue weighted by Gasteiger charge is -2.40. The van der Waals surface area contributed by atoms with E-state index in [0.29, 0.717) is 6.10 Å². The smallest absolute Gasteiger partial charge is 0.0614 e. The van der Waals surface area contributed by atoms with Gasteiger partial charge >= 0.3 is 0 Å². The van der Waals surface area contributed by atoms with Gasteiger partial charge in [0, 0.05) is 12.1 Å². The maximum atomic E-state index is 9.64. The van der Waals surface area contributed by atoms with Crippen molar-refractivity contribution in [2.45, 2.75) is 70.4 Å². The van der Waals surface area contributed by atoms with Crippen LogP contribution in [-0.4, -0.2) is 36.5 Å². The quantitative estimate of drug-likeness (QED) is 0.644. The van der Waals surface area contributed by atoms with Gasteiger partial charge in [0.15, 0.2) is 0 Å². The van der Waals surface area contributed by atoms with Crippen molar-refractivity contribution in [2.75, 3.05) is 19.8 Å². The van der Waals surface area contributed by atoms with E-state index in [-0.39, 0.29) is 12.1 Å². The molecule has 2 N–H and O–H groups in total. The Hall–Kier alpha value is -0.120. The Bertz CT molecular complexity index is 199. The number of aliphatic hydroxyl groups is 1. The highest BCUT2D eigenvalue weighted by Crippen LogP contribution is 2.30. The molecule has 1 aliphatic carbocycles. The highest BCUT2D eigenvalue weighted by atomic mass is 16.5. The van der Waals surface area contributed by atoms with Crippen LogP contribution in [0.5, 0.6) is 0 Å². The van der Waals surface area contributed by atoms with Crippen LogP contribution in [0.15, 0.2) is 0 Å². The van der Waals surface area contributed by atoms with Crippen LogP contribution in [0, 0.1) is 0 Å². The van der Waals surface area contributed by atoms with E-state index in [0.717, 1.165) is 51.7 Å². The fraction of sp³-hybridized carbons (Fsp3) is 1.00. The predicted molar refractivity (Wildman–Crippen MR) is 71.2 cm³/mol. The van der Waals surface area contributed by atoms with Crippen molar-refractivity contribution in [1.82, 2.24) is 5.32 Å². The summed E-state index contributed by atoms with van der Waals surface area (Å²) in [5, 5.41) is 13.2. The van der Waals surface area contributed by atoms with Gasteiger partial charge in [-0.2, -0.15) is 0 Å². The fourth-order valence-electron chi connectivity index (χ4n) is 2.59. The summed E-state index contributed by atoms with van der Waals surface area (Å²) in [6.45, 7) is 6.44. The van der Waals surface area contributed by atoms with Gasteiger partial charge in [0.25, 0.3) is 0 Å². The lowest BCUT2D eigenvalue weighted by Crippen LogP contribution is -2.53. The van der Waals surface area contributed by atoms with Gasteiger partial charge in [-0.15, -0.1) is 0 Å². The number of nitrogens with one attached hydrogen (secondary N) is 1. The molecule has 0 amide bonds. The van der Waals surface area contributed by atoms with Crippen LogP contribution >= 0.6 is 0 Å².